The minimum absolute atomic E-state index is 0.228. The van der Waals surface area contributed by atoms with Crippen molar-refractivity contribution in [3.8, 4) is 0 Å². The molecule has 32 heavy (non-hydrogen) atoms. The van der Waals surface area contributed by atoms with Crippen molar-refractivity contribution in [3.05, 3.63) is 71.5 Å². The Kier molecular flexibility index (Phi) is 6.47. The van der Waals surface area contributed by atoms with Crippen LogP contribution >= 0.6 is 11.6 Å². The third-order valence-corrected chi connectivity index (χ3v) is 5.25. The fraction of sp³-hybridized carbons (Fsp3) is 0.167. The average Bonchev–Trinajstić information content (AvgIpc) is 2.81. The Morgan fingerprint density at radius 2 is 1.94 bits per heavy atom. The number of benzene rings is 2. The summed E-state index contributed by atoms with van der Waals surface area (Å²) in [6.07, 6.45) is 4.27. The van der Waals surface area contributed by atoms with Crippen LogP contribution < -0.4 is 10.6 Å². The lowest BCUT2D eigenvalue weighted by atomic mass is 10.1. The second-order valence-electron chi connectivity index (χ2n) is 7.18. The van der Waals surface area contributed by atoms with E-state index in [4.69, 9.17) is 16.6 Å². The molecule has 0 aliphatic carbocycles. The minimum Gasteiger partial charge on any atom is -0.469 e. The van der Waals surface area contributed by atoms with Crippen LogP contribution in [0.1, 0.15) is 23.2 Å². The van der Waals surface area contributed by atoms with Gasteiger partial charge in [0.1, 0.15) is 5.82 Å². The molecule has 2 N–H and O–H groups in total. The molecule has 8 heteroatoms. The zero-order valence-electron chi connectivity index (χ0n) is 17.4. The second-order valence-corrected chi connectivity index (χ2v) is 7.62. The number of nitrogens with zero attached hydrogens (tertiary/aromatic N) is 2. The predicted molar refractivity (Wildman–Crippen MR) is 125 cm³/mol. The molecule has 0 aliphatic heterocycles. The lowest BCUT2D eigenvalue weighted by molar-refractivity contribution is -0.140. The molecule has 0 saturated carbocycles. The van der Waals surface area contributed by atoms with Gasteiger partial charge in [0.25, 0.3) is 5.91 Å². The van der Waals surface area contributed by atoms with Crippen LogP contribution in [-0.2, 0) is 9.53 Å². The highest BCUT2D eigenvalue weighted by Crippen LogP contribution is 2.31. The summed E-state index contributed by atoms with van der Waals surface area (Å²) >= 11 is 6.12. The lowest BCUT2D eigenvalue weighted by Gasteiger charge is -2.12. The van der Waals surface area contributed by atoms with Crippen molar-refractivity contribution in [2.75, 3.05) is 19.0 Å². The van der Waals surface area contributed by atoms with Crippen LogP contribution in [0.25, 0.3) is 21.7 Å². The zero-order chi connectivity index (χ0) is 22.5. The minimum atomic E-state index is -0.297. The Labute approximate surface area is 189 Å². The molecule has 7 nitrogen and oxygen atoms in total. The monoisotopic (exact) mass is 448 g/mol. The number of carbonyl (C=O) groups is 2. The second kappa shape index (κ2) is 9.62. The highest BCUT2D eigenvalue weighted by molar-refractivity contribution is 6.30. The first-order chi connectivity index (χ1) is 15.5. The van der Waals surface area contributed by atoms with E-state index >= 15 is 0 Å². The molecule has 4 aromatic rings. The van der Waals surface area contributed by atoms with Gasteiger partial charge in [-0.3, -0.25) is 14.6 Å². The van der Waals surface area contributed by atoms with Gasteiger partial charge in [-0.25, -0.2) is 4.98 Å². The number of ether oxygens (including phenoxy) is 1. The van der Waals surface area contributed by atoms with Crippen molar-refractivity contribution >= 4 is 56.7 Å². The van der Waals surface area contributed by atoms with Crippen molar-refractivity contribution in [1.82, 2.24) is 15.3 Å². The first-order valence-corrected chi connectivity index (χ1v) is 10.5. The number of halogens is 1. The number of fused-ring (bicyclic) bond motifs is 3. The van der Waals surface area contributed by atoms with Gasteiger partial charge in [-0.15, -0.1) is 0 Å². The molecule has 162 valence electrons. The normalized spacial score (nSPS) is 10.8. The molecule has 0 atom stereocenters. The fourth-order valence-corrected chi connectivity index (χ4v) is 3.62. The summed E-state index contributed by atoms with van der Waals surface area (Å²) in [6.45, 7) is 0.378. The van der Waals surface area contributed by atoms with Crippen LogP contribution in [0.4, 0.5) is 11.5 Å². The average molecular weight is 449 g/mol. The summed E-state index contributed by atoms with van der Waals surface area (Å²) in [4.78, 5) is 32.8. The fourth-order valence-electron chi connectivity index (χ4n) is 3.43. The summed E-state index contributed by atoms with van der Waals surface area (Å²) < 4.78 is 4.61. The third kappa shape index (κ3) is 4.78. The number of amides is 1. The molecule has 4 rings (SSSR count). The van der Waals surface area contributed by atoms with Crippen LogP contribution in [0.2, 0.25) is 5.02 Å². The van der Waals surface area contributed by atoms with E-state index in [1.807, 2.05) is 30.3 Å². The first kappa shape index (κ1) is 21.5. The van der Waals surface area contributed by atoms with E-state index in [2.05, 4.69) is 20.4 Å². The van der Waals surface area contributed by atoms with Crippen molar-refractivity contribution < 1.29 is 14.3 Å². The molecule has 2 aromatic heterocycles. The van der Waals surface area contributed by atoms with E-state index in [0.717, 1.165) is 21.8 Å². The van der Waals surface area contributed by atoms with Crippen molar-refractivity contribution in [2.24, 2.45) is 0 Å². The van der Waals surface area contributed by atoms with E-state index in [9.17, 15) is 9.59 Å². The van der Waals surface area contributed by atoms with E-state index in [0.29, 0.717) is 34.9 Å². The van der Waals surface area contributed by atoms with E-state index in [1.165, 1.54) is 7.11 Å². The standard InChI is InChI=1S/C24H21ClN4O3/c1-32-22(30)6-3-10-27-24(31)15-7-8-18-20-14-26-11-9-19(20)23(29-21(18)12-15)28-17-5-2-4-16(25)13-17/h2,4-5,7-9,11-14H,3,6,10H2,1H3,(H,27,31)(H,28,29). The predicted octanol–water partition coefficient (Wildman–Crippen LogP) is 4.86. The number of rotatable bonds is 7. The quantitative estimate of drug-likeness (QED) is 0.238. The highest BCUT2D eigenvalue weighted by atomic mass is 35.5. The van der Waals surface area contributed by atoms with Gasteiger partial charge >= 0.3 is 5.97 Å². The maximum absolute atomic E-state index is 12.6. The molecular weight excluding hydrogens is 428 g/mol. The van der Waals surface area contributed by atoms with E-state index in [1.54, 1.807) is 30.6 Å². The molecule has 0 fully saturated rings. The Hall–Kier alpha value is -3.71. The highest BCUT2D eigenvalue weighted by Gasteiger charge is 2.12. The number of carbonyl (C=O) groups excluding carboxylic acids is 2. The molecule has 0 radical (unpaired) electrons. The number of pyridine rings is 2. The van der Waals surface area contributed by atoms with Crippen molar-refractivity contribution in [1.29, 1.82) is 0 Å². The summed E-state index contributed by atoms with van der Waals surface area (Å²) in [5.74, 6) is 0.122. The summed E-state index contributed by atoms with van der Waals surface area (Å²) in [5.41, 5.74) is 1.96. The zero-order valence-corrected chi connectivity index (χ0v) is 18.1. The van der Waals surface area contributed by atoms with Gasteiger partial charge in [0.05, 0.1) is 12.6 Å². The van der Waals surface area contributed by atoms with Gasteiger partial charge in [0, 0.05) is 57.8 Å². The Balaban J connectivity index is 1.64. The molecule has 0 unspecified atom stereocenters. The number of aromatic nitrogens is 2. The largest absolute Gasteiger partial charge is 0.469 e. The number of anilines is 2. The van der Waals surface area contributed by atoms with Gasteiger partial charge in [-0.1, -0.05) is 23.7 Å². The van der Waals surface area contributed by atoms with E-state index < -0.39 is 0 Å². The lowest BCUT2D eigenvalue weighted by Crippen LogP contribution is -2.25. The molecule has 0 saturated heterocycles. The Morgan fingerprint density at radius 1 is 1.06 bits per heavy atom. The van der Waals surface area contributed by atoms with Gasteiger partial charge in [0.2, 0.25) is 0 Å². The van der Waals surface area contributed by atoms with Crippen molar-refractivity contribution in [3.63, 3.8) is 0 Å². The molecule has 0 aliphatic rings. The van der Waals surface area contributed by atoms with Crippen LogP contribution in [0.3, 0.4) is 0 Å². The Morgan fingerprint density at radius 3 is 2.75 bits per heavy atom. The molecule has 1 amide bonds. The van der Waals surface area contributed by atoms with Crippen LogP contribution in [0, 0.1) is 0 Å². The van der Waals surface area contributed by atoms with Gasteiger partial charge < -0.3 is 15.4 Å². The van der Waals surface area contributed by atoms with Gasteiger partial charge in [0.15, 0.2) is 0 Å². The molecule has 2 aromatic carbocycles. The van der Waals surface area contributed by atoms with Crippen molar-refractivity contribution in [2.45, 2.75) is 12.8 Å². The Bertz CT molecular complexity index is 1310. The molecule has 0 bridgehead atoms. The van der Waals surface area contributed by atoms with Crippen LogP contribution in [0.15, 0.2) is 60.9 Å². The molecule has 2 heterocycles. The van der Waals surface area contributed by atoms with Crippen LogP contribution in [-0.4, -0.2) is 35.5 Å². The third-order valence-electron chi connectivity index (χ3n) is 5.02. The number of nitrogens with one attached hydrogen (secondary N) is 2. The molecule has 0 spiro atoms. The smallest absolute Gasteiger partial charge is 0.305 e. The SMILES string of the molecule is COC(=O)CCCNC(=O)c1ccc2c(c1)nc(Nc1cccc(Cl)c1)c1ccncc12. The number of hydrogen-bond donors (Lipinski definition) is 2. The maximum atomic E-state index is 12.6. The first-order valence-electron chi connectivity index (χ1n) is 10.1. The summed E-state index contributed by atoms with van der Waals surface area (Å²) in [6, 6.07) is 14.7. The van der Waals surface area contributed by atoms with Gasteiger partial charge in [-0.05, 0) is 42.8 Å². The number of methoxy groups -OCH3 is 1. The number of esters is 1. The van der Waals surface area contributed by atoms with Crippen LogP contribution in [0.5, 0.6) is 0 Å². The van der Waals surface area contributed by atoms with Gasteiger partial charge in [-0.2, -0.15) is 0 Å². The van der Waals surface area contributed by atoms with E-state index in [-0.39, 0.29) is 18.3 Å². The molecular formula is C24H21ClN4O3. The number of hydrogen-bond acceptors (Lipinski definition) is 6. The maximum Gasteiger partial charge on any atom is 0.305 e. The topological polar surface area (TPSA) is 93.2 Å². The summed E-state index contributed by atoms with van der Waals surface area (Å²) in [5, 5.41) is 9.49. The summed E-state index contributed by atoms with van der Waals surface area (Å²) in [7, 11) is 1.34.